The number of carbonyl (C=O) groups excluding carboxylic acids is 1. The smallest absolute Gasteiger partial charge is 0.263 e. The third kappa shape index (κ3) is 2.48. The second kappa shape index (κ2) is 5.40. The molecule has 96 valence electrons. The van der Waals surface area contributed by atoms with E-state index in [2.05, 4.69) is 19.2 Å². The first kappa shape index (κ1) is 12.9. The van der Waals surface area contributed by atoms with Crippen LogP contribution in [0.4, 0.5) is 5.69 Å². The molecule has 18 heavy (non-hydrogen) atoms. The zero-order valence-electron chi connectivity index (χ0n) is 10.7. The Balaban J connectivity index is 2.20. The maximum Gasteiger partial charge on any atom is 0.263 e. The molecule has 3 nitrogen and oxygen atoms in total. The lowest BCUT2D eigenvalue weighted by Gasteiger charge is -2.09. The molecule has 3 N–H and O–H groups in total. The number of hydrogen-bond donors (Lipinski definition) is 2. The van der Waals surface area contributed by atoms with Crippen molar-refractivity contribution in [3.8, 4) is 0 Å². The Morgan fingerprint density at radius 3 is 2.83 bits per heavy atom. The molecule has 4 heteroatoms. The highest BCUT2D eigenvalue weighted by Crippen LogP contribution is 2.33. The zero-order valence-corrected chi connectivity index (χ0v) is 11.5. The molecule has 0 aliphatic heterocycles. The Labute approximate surface area is 111 Å². The fourth-order valence-corrected chi connectivity index (χ4v) is 2.76. The van der Waals surface area contributed by atoms with Gasteiger partial charge in [0.25, 0.3) is 5.91 Å². The number of hydrogen-bond acceptors (Lipinski definition) is 3. The third-order valence-corrected chi connectivity index (χ3v) is 4.33. The van der Waals surface area contributed by atoms with Crippen LogP contribution in [0.1, 0.15) is 29.9 Å². The van der Waals surface area contributed by atoms with Gasteiger partial charge < -0.3 is 11.1 Å². The molecule has 0 aliphatic rings. The SMILES string of the molecule is CCC(C)CNC(=O)c1sc2ccccc2c1N. The minimum Gasteiger partial charge on any atom is -0.397 e. The van der Waals surface area contributed by atoms with Crippen LogP contribution in [0.5, 0.6) is 0 Å². The third-order valence-electron chi connectivity index (χ3n) is 3.15. The summed E-state index contributed by atoms with van der Waals surface area (Å²) in [6, 6.07) is 7.83. The summed E-state index contributed by atoms with van der Waals surface area (Å²) in [5.41, 5.74) is 6.62. The van der Waals surface area contributed by atoms with E-state index >= 15 is 0 Å². The van der Waals surface area contributed by atoms with Gasteiger partial charge in [0.2, 0.25) is 0 Å². The highest BCUT2D eigenvalue weighted by Gasteiger charge is 2.16. The molecule has 0 bridgehead atoms. The first-order chi connectivity index (χ1) is 8.63. The first-order valence-electron chi connectivity index (χ1n) is 6.18. The molecule has 0 aliphatic carbocycles. The molecule has 2 aromatic rings. The number of carbonyl (C=O) groups is 1. The Kier molecular flexibility index (Phi) is 3.87. The predicted molar refractivity (Wildman–Crippen MR) is 78.0 cm³/mol. The second-order valence-corrected chi connectivity index (χ2v) is 5.62. The Morgan fingerprint density at radius 1 is 1.44 bits per heavy atom. The molecule has 0 radical (unpaired) electrons. The average molecular weight is 262 g/mol. The van der Waals surface area contributed by atoms with Crippen molar-refractivity contribution in [2.24, 2.45) is 5.92 Å². The van der Waals surface area contributed by atoms with Crippen molar-refractivity contribution >= 4 is 33.0 Å². The van der Waals surface area contributed by atoms with Crippen molar-refractivity contribution in [1.82, 2.24) is 5.32 Å². The van der Waals surface area contributed by atoms with Crippen molar-refractivity contribution in [1.29, 1.82) is 0 Å². The minimum absolute atomic E-state index is 0.0611. The molecule has 0 spiro atoms. The summed E-state index contributed by atoms with van der Waals surface area (Å²) in [6.45, 7) is 4.93. The summed E-state index contributed by atoms with van der Waals surface area (Å²) in [6.07, 6.45) is 1.06. The van der Waals surface area contributed by atoms with E-state index in [-0.39, 0.29) is 5.91 Å². The van der Waals surface area contributed by atoms with E-state index in [9.17, 15) is 4.79 Å². The number of anilines is 1. The number of nitrogens with one attached hydrogen (secondary N) is 1. The van der Waals surface area contributed by atoms with Gasteiger partial charge >= 0.3 is 0 Å². The maximum absolute atomic E-state index is 12.1. The van der Waals surface area contributed by atoms with Gasteiger partial charge in [-0.05, 0) is 12.0 Å². The normalized spacial score (nSPS) is 12.6. The van der Waals surface area contributed by atoms with Crippen LogP contribution in [0.25, 0.3) is 10.1 Å². The number of rotatable bonds is 4. The van der Waals surface area contributed by atoms with Gasteiger partial charge in [-0.1, -0.05) is 38.5 Å². The highest BCUT2D eigenvalue weighted by atomic mass is 32.1. The lowest BCUT2D eigenvalue weighted by molar-refractivity contribution is 0.0953. The molecule has 1 heterocycles. The lowest BCUT2D eigenvalue weighted by Crippen LogP contribution is -2.27. The van der Waals surface area contributed by atoms with Crippen molar-refractivity contribution in [2.75, 3.05) is 12.3 Å². The van der Waals surface area contributed by atoms with Crippen LogP contribution in [0.3, 0.4) is 0 Å². The van der Waals surface area contributed by atoms with Gasteiger partial charge in [-0.15, -0.1) is 11.3 Å². The van der Waals surface area contributed by atoms with Crippen molar-refractivity contribution in [3.05, 3.63) is 29.1 Å². The number of nitrogens with two attached hydrogens (primary N) is 1. The minimum atomic E-state index is -0.0611. The van der Waals surface area contributed by atoms with E-state index in [4.69, 9.17) is 5.73 Å². The number of nitrogen functional groups attached to an aromatic ring is 1. The average Bonchev–Trinajstić information content (AvgIpc) is 2.73. The molecule has 0 saturated heterocycles. The number of fused-ring (bicyclic) bond motifs is 1. The summed E-state index contributed by atoms with van der Waals surface area (Å²) in [4.78, 5) is 12.7. The standard InChI is InChI=1S/C14H18N2OS/c1-3-9(2)8-16-14(17)13-12(15)10-6-4-5-7-11(10)18-13/h4-7,9H,3,8,15H2,1-2H3,(H,16,17). The molecule has 1 aromatic heterocycles. The van der Waals surface area contributed by atoms with E-state index in [1.807, 2.05) is 24.3 Å². The van der Waals surface area contributed by atoms with E-state index in [1.165, 1.54) is 11.3 Å². The summed E-state index contributed by atoms with van der Waals surface area (Å²) < 4.78 is 1.06. The Bertz CT molecular complexity index is 562. The molecule has 0 saturated carbocycles. The zero-order chi connectivity index (χ0) is 13.1. The second-order valence-electron chi connectivity index (χ2n) is 4.56. The van der Waals surface area contributed by atoms with Gasteiger partial charge in [-0.3, -0.25) is 4.79 Å². The fraction of sp³-hybridized carbons (Fsp3) is 0.357. The van der Waals surface area contributed by atoms with E-state index in [1.54, 1.807) is 0 Å². The summed E-state index contributed by atoms with van der Waals surface area (Å²) >= 11 is 1.45. The van der Waals surface area contributed by atoms with E-state index < -0.39 is 0 Å². The number of amides is 1. The number of benzene rings is 1. The molecular weight excluding hydrogens is 244 g/mol. The van der Waals surface area contributed by atoms with Gasteiger partial charge in [0.1, 0.15) is 4.88 Å². The molecule has 0 fully saturated rings. The topological polar surface area (TPSA) is 55.1 Å². The van der Waals surface area contributed by atoms with Crippen LogP contribution < -0.4 is 11.1 Å². The largest absolute Gasteiger partial charge is 0.397 e. The van der Waals surface area contributed by atoms with Gasteiger partial charge in [0.15, 0.2) is 0 Å². The molecule has 1 unspecified atom stereocenters. The molecular formula is C14H18N2OS. The van der Waals surface area contributed by atoms with Crippen molar-refractivity contribution in [2.45, 2.75) is 20.3 Å². The van der Waals surface area contributed by atoms with Crippen LogP contribution in [-0.4, -0.2) is 12.5 Å². The molecule has 1 aromatic carbocycles. The van der Waals surface area contributed by atoms with Gasteiger partial charge in [0.05, 0.1) is 5.69 Å². The molecule has 1 amide bonds. The van der Waals surface area contributed by atoms with E-state index in [0.29, 0.717) is 23.0 Å². The predicted octanol–water partition coefficient (Wildman–Crippen LogP) is 3.26. The van der Waals surface area contributed by atoms with Gasteiger partial charge in [-0.2, -0.15) is 0 Å². The van der Waals surface area contributed by atoms with Crippen LogP contribution >= 0.6 is 11.3 Å². The van der Waals surface area contributed by atoms with Gasteiger partial charge in [0, 0.05) is 16.6 Å². The highest BCUT2D eigenvalue weighted by molar-refractivity contribution is 7.21. The van der Waals surface area contributed by atoms with Crippen LogP contribution in [0.15, 0.2) is 24.3 Å². The van der Waals surface area contributed by atoms with Crippen LogP contribution in [-0.2, 0) is 0 Å². The molecule has 1 atom stereocenters. The van der Waals surface area contributed by atoms with Crippen molar-refractivity contribution in [3.63, 3.8) is 0 Å². The summed E-state index contributed by atoms with van der Waals surface area (Å²) in [7, 11) is 0. The maximum atomic E-state index is 12.1. The summed E-state index contributed by atoms with van der Waals surface area (Å²) in [5.74, 6) is 0.429. The quantitative estimate of drug-likeness (QED) is 0.888. The fourth-order valence-electron chi connectivity index (χ4n) is 1.73. The number of thiophene rings is 1. The summed E-state index contributed by atoms with van der Waals surface area (Å²) in [5, 5.41) is 3.91. The van der Waals surface area contributed by atoms with Gasteiger partial charge in [-0.25, -0.2) is 0 Å². The van der Waals surface area contributed by atoms with E-state index in [0.717, 1.165) is 16.5 Å². The first-order valence-corrected chi connectivity index (χ1v) is 7.00. The molecule has 2 rings (SSSR count). The Morgan fingerprint density at radius 2 is 2.17 bits per heavy atom. The van der Waals surface area contributed by atoms with Crippen molar-refractivity contribution < 1.29 is 4.79 Å². The monoisotopic (exact) mass is 262 g/mol. The van der Waals surface area contributed by atoms with Crippen LogP contribution in [0.2, 0.25) is 0 Å². The Hall–Kier alpha value is -1.55. The van der Waals surface area contributed by atoms with Crippen LogP contribution in [0, 0.1) is 5.92 Å². The lowest BCUT2D eigenvalue weighted by atomic mass is 10.1.